The minimum Gasteiger partial charge on any atom is -0.384 e. The van der Waals surface area contributed by atoms with E-state index in [4.69, 9.17) is 5.73 Å². The summed E-state index contributed by atoms with van der Waals surface area (Å²) in [4.78, 5) is 0. The molecule has 0 aliphatic carbocycles. The summed E-state index contributed by atoms with van der Waals surface area (Å²) >= 11 is 0. The van der Waals surface area contributed by atoms with E-state index in [1.54, 1.807) is 4.68 Å². The van der Waals surface area contributed by atoms with Gasteiger partial charge in [-0.2, -0.15) is 5.10 Å². The second kappa shape index (κ2) is 4.00. The number of nitrogens with zero attached hydrogens (tertiary/aromatic N) is 2. The summed E-state index contributed by atoms with van der Waals surface area (Å²) in [6, 6.07) is 8.26. The van der Waals surface area contributed by atoms with Gasteiger partial charge in [0.15, 0.2) is 0 Å². The van der Waals surface area contributed by atoms with Crippen molar-refractivity contribution in [3.05, 3.63) is 41.1 Å². The molecular formula is C13H17N3. The van der Waals surface area contributed by atoms with E-state index in [2.05, 4.69) is 44.1 Å². The second-order valence-electron chi connectivity index (χ2n) is 4.17. The van der Waals surface area contributed by atoms with Crippen molar-refractivity contribution in [1.82, 2.24) is 9.78 Å². The van der Waals surface area contributed by atoms with Crippen molar-refractivity contribution in [3.63, 3.8) is 0 Å². The number of nitrogen functional groups attached to an aromatic ring is 1. The fourth-order valence-corrected chi connectivity index (χ4v) is 1.90. The third kappa shape index (κ3) is 1.94. The van der Waals surface area contributed by atoms with Crippen LogP contribution in [0.5, 0.6) is 0 Å². The molecule has 16 heavy (non-hydrogen) atoms. The van der Waals surface area contributed by atoms with Crippen molar-refractivity contribution in [2.24, 2.45) is 0 Å². The molecule has 2 aromatic rings. The van der Waals surface area contributed by atoms with E-state index in [1.807, 2.05) is 6.07 Å². The normalized spacial score (nSPS) is 10.7. The highest BCUT2D eigenvalue weighted by Crippen LogP contribution is 2.17. The molecule has 0 fully saturated rings. The lowest BCUT2D eigenvalue weighted by Gasteiger charge is -2.06. The zero-order chi connectivity index (χ0) is 11.7. The first kappa shape index (κ1) is 10.7. The number of hydrogen-bond donors (Lipinski definition) is 1. The number of benzene rings is 1. The van der Waals surface area contributed by atoms with E-state index in [-0.39, 0.29) is 0 Å². The second-order valence-corrected chi connectivity index (χ2v) is 4.17. The first-order valence-electron chi connectivity index (χ1n) is 5.53. The van der Waals surface area contributed by atoms with Gasteiger partial charge in [0.25, 0.3) is 0 Å². The molecule has 0 amide bonds. The van der Waals surface area contributed by atoms with Gasteiger partial charge in [-0.15, -0.1) is 0 Å². The van der Waals surface area contributed by atoms with Crippen LogP contribution in [-0.2, 0) is 6.42 Å². The van der Waals surface area contributed by atoms with Gasteiger partial charge in [-0.25, -0.2) is 4.68 Å². The average Bonchev–Trinajstić information content (AvgIpc) is 2.58. The summed E-state index contributed by atoms with van der Waals surface area (Å²) in [5, 5.41) is 4.47. The van der Waals surface area contributed by atoms with Gasteiger partial charge >= 0.3 is 0 Å². The maximum absolute atomic E-state index is 5.95. The van der Waals surface area contributed by atoms with Crippen LogP contribution >= 0.6 is 0 Å². The SMILES string of the molecule is CCc1cc(N)n(-c2cc(C)cc(C)c2)n1. The number of rotatable bonds is 2. The highest BCUT2D eigenvalue weighted by Gasteiger charge is 2.06. The summed E-state index contributed by atoms with van der Waals surface area (Å²) < 4.78 is 1.80. The smallest absolute Gasteiger partial charge is 0.127 e. The number of aromatic nitrogens is 2. The molecule has 0 aliphatic rings. The quantitative estimate of drug-likeness (QED) is 0.837. The van der Waals surface area contributed by atoms with E-state index in [0.717, 1.165) is 17.8 Å². The molecule has 3 heteroatoms. The van der Waals surface area contributed by atoms with Crippen molar-refractivity contribution in [2.75, 3.05) is 5.73 Å². The molecule has 0 atom stereocenters. The van der Waals surface area contributed by atoms with Gasteiger partial charge in [-0.1, -0.05) is 13.0 Å². The Balaban J connectivity index is 2.53. The lowest BCUT2D eigenvalue weighted by atomic mass is 10.1. The molecule has 0 radical (unpaired) electrons. The van der Waals surface area contributed by atoms with Crippen molar-refractivity contribution in [3.8, 4) is 5.69 Å². The molecular weight excluding hydrogens is 198 g/mol. The Morgan fingerprint density at radius 3 is 2.25 bits per heavy atom. The fourth-order valence-electron chi connectivity index (χ4n) is 1.90. The predicted molar refractivity (Wildman–Crippen MR) is 66.8 cm³/mol. The van der Waals surface area contributed by atoms with E-state index in [0.29, 0.717) is 5.82 Å². The molecule has 0 aliphatic heterocycles. The average molecular weight is 215 g/mol. The Morgan fingerprint density at radius 1 is 1.12 bits per heavy atom. The third-order valence-electron chi connectivity index (χ3n) is 2.60. The van der Waals surface area contributed by atoms with Gasteiger partial charge < -0.3 is 5.73 Å². The van der Waals surface area contributed by atoms with Crippen LogP contribution in [0.4, 0.5) is 5.82 Å². The maximum Gasteiger partial charge on any atom is 0.127 e. The molecule has 0 bridgehead atoms. The standard InChI is InChI=1S/C13H17N3/c1-4-11-8-13(14)16(15-11)12-6-9(2)5-10(3)7-12/h5-8H,4,14H2,1-3H3. The molecule has 1 heterocycles. The molecule has 0 unspecified atom stereocenters. The highest BCUT2D eigenvalue weighted by atomic mass is 15.3. The van der Waals surface area contributed by atoms with Crippen molar-refractivity contribution in [1.29, 1.82) is 0 Å². The largest absolute Gasteiger partial charge is 0.384 e. The van der Waals surface area contributed by atoms with Crippen LogP contribution in [0.3, 0.4) is 0 Å². The van der Waals surface area contributed by atoms with E-state index < -0.39 is 0 Å². The van der Waals surface area contributed by atoms with Gasteiger partial charge in [0.1, 0.15) is 5.82 Å². The molecule has 84 valence electrons. The van der Waals surface area contributed by atoms with Gasteiger partial charge in [0.05, 0.1) is 11.4 Å². The predicted octanol–water partition coefficient (Wildman–Crippen LogP) is 2.63. The first-order chi connectivity index (χ1) is 7.60. The van der Waals surface area contributed by atoms with Gasteiger partial charge in [0, 0.05) is 6.07 Å². The van der Waals surface area contributed by atoms with E-state index in [1.165, 1.54) is 11.1 Å². The molecule has 0 saturated heterocycles. The Hall–Kier alpha value is -1.77. The number of anilines is 1. The molecule has 2 rings (SSSR count). The molecule has 0 spiro atoms. The Morgan fingerprint density at radius 2 is 1.75 bits per heavy atom. The summed E-state index contributed by atoms with van der Waals surface area (Å²) in [7, 11) is 0. The Bertz CT molecular complexity index is 492. The van der Waals surface area contributed by atoms with Crippen LogP contribution in [-0.4, -0.2) is 9.78 Å². The molecule has 0 saturated carbocycles. The van der Waals surface area contributed by atoms with Gasteiger partial charge in [-0.3, -0.25) is 0 Å². The lowest BCUT2D eigenvalue weighted by molar-refractivity contribution is 0.847. The fraction of sp³-hybridized carbons (Fsp3) is 0.308. The van der Waals surface area contributed by atoms with Crippen LogP contribution in [0.15, 0.2) is 24.3 Å². The highest BCUT2D eigenvalue weighted by molar-refractivity contribution is 5.46. The molecule has 2 N–H and O–H groups in total. The first-order valence-corrected chi connectivity index (χ1v) is 5.53. The zero-order valence-electron chi connectivity index (χ0n) is 9.99. The van der Waals surface area contributed by atoms with E-state index in [9.17, 15) is 0 Å². The minimum absolute atomic E-state index is 0.696. The number of nitrogens with two attached hydrogens (primary N) is 1. The van der Waals surface area contributed by atoms with E-state index >= 15 is 0 Å². The van der Waals surface area contributed by atoms with Crippen LogP contribution in [0.25, 0.3) is 5.69 Å². The van der Waals surface area contributed by atoms with Crippen molar-refractivity contribution >= 4 is 5.82 Å². The Kier molecular flexibility index (Phi) is 2.69. The van der Waals surface area contributed by atoms with Crippen molar-refractivity contribution in [2.45, 2.75) is 27.2 Å². The van der Waals surface area contributed by atoms with Crippen LogP contribution in [0, 0.1) is 13.8 Å². The lowest BCUT2D eigenvalue weighted by Crippen LogP contribution is -2.02. The summed E-state index contributed by atoms with van der Waals surface area (Å²) in [5.74, 6) is 0.696. The van der Waals surface area contributed by atoms with Crippen LogP contribution < -0.4 is 5.73 Å². The molecule has 1 aromatic carbocycles. The maximum atomic E-state index is 5.95. The summed E-state index contributed by atoms with van der Waals surface area (Å²) in [5.41, 5.74) is 10.5. The third-order valence-corrected chi connectivity index (χ3v) is 2.60. The van der Waals surface area contributed by atoms with Gasteiger partial charge in [-0.05, 0) is 43.5 Å². The van der Waals surface area contributed by atoms with Crippen LogP contribution in [0.1, 0.15) is 23.7 Å². The van der Waals surface area contributed by atoms with Crippen molar-refractivity contribution < 1.29 is 0 Å². The number of aryl methyl sites for hydroxylation is 3. The zero-order valence-corrected chi connectivity index (χ0v) is 9.99. The Labute approximate surface area is 95.9 Å². The number of hydrogen-bond acceptors (Lipinski definition) is 2. The topological polar surface area (TPSA) is 43.8 Å². The molecule has 3 nitrogen and oxygen atoms in total. The van der Waals surface area contributed by atoms with Gasteiger partial charge in [0.2, 0.25) is 0 Å². The monoisotopic (exact) mass is 215 g/mol. The molecule has 1 aromatic heterocycles. The summed E-state index contributed by atoms with van der Waals surface area (Å²) in [6.45, 7) is 6.24. The minimum atomic E-state index is 0.696. The summed E-state index contributed by atoms with van der Waals surface area (Å²) in [6.07, 6.45) is 0.905. The van der Waals surface area contributed by atoms with Crippen LogP contribution in [0.2, 0.25) is 0 Å².